The van der Waals surface area contributed by atoms with Crippen LogP contribution in [0.15, 0.2) is 30.3 Å². The Bertz CT molecular complexity index is 418. The van der Waals surface area contributed by atoms with Crippen molar-refractivity contribution >= 4 is 8.32 Å². The standard InChI is InChI=1S/C14H21NO2Si/c1-14(2,3)18(4,5)17-16-13(11-15)12-9-7-6-8-10-12/h6-10,13H,1-5H3. The zero-order valence-electron chi connectivity index (χ0n) is 11.7. The molecule has 18 heavy (non-hydrogen) atoms. The summed E-state index contributed by atoms with van der Waals surface area (Å²) in [6.07, 6.45) is -0.666. The summed E-state index contributed by atoms with van der Waals surface area (Å²) < 4.78 is 5.62. The Balaban J connectivity index is 2.71. The van der Waals surface area contributed by atoms with Crippen molar-refractivity contribution in [3.8, 4) is 6.07 Å². The molecule has 1 aromatic rings. The molecule has 1 unspecified atom stereocenters. The first-order valence-corrected chi connectivity index (χ1v) is 8.98. The Morgan fingerprint density at radius 2 is 1.72 bits per heavy atom. The number of nitriles is 1. The summed E-state index contributed by atoms with van der Waals surface area (Å²) in [7, 11) is -1.99. The SMILES string of the molecule is CC(C)(C)[Si](C)(C)OOC(C#N)c1ccccc1. The fourth-order valence-corrected chi connectivity index (χ4v) is 1.66. The second-order valence-electron chi connectivity index (χ2n) is 5.86. The van der Waals surface area contributed by atoms with Crippen LogP contribution in [-0.2, 0) is 9.46 Å². The molecule has 0 bridgehead atoms. The van der Waals surface area contributed by atoms with Crippen molar-refractivity contribution in [2.45, 2.75) is 45.0 Å². The molecule has 0 saturated heterocycles. The van der Waals surface area contributed by atoms with Crippen molar-refractivity contribution in [2.75, 3.05) is 0 Å². The summed E-state index contributed by atoms with van der Waals surface area (Å²) in [6.45, 7) is 10.6. The molecule has 0 amide bonds. The van der Waals surface area contributed by atoms with Crippen molar-refractivity contribution in [3.05, 3.63) is 35.9 Å². The van der Waals surface area contributed by atoms with Crippen LogP contribution in [0.3, 0.4) is 0 Å². The highest BCUT2D eigenvalue weighted by Gasteiger charge is 2.39. The molecule has 0 aliphatic heterocycles. The van der Waals surface area contributed by atoms with Gasteiger partial charge in [0.1, 0.15) is 6.07 Å². The van der Waals surface area contributed by atoms with E-state index in [1.54, 1.807) is 0 Å². The molecular formula is C14H21NO2Si. The minimum Gasteiger partial charge on any atom is -0.285 e. The fraction of sp³-hybridized carbons (Fsp3) is 0.500. The topological polar surface area (TPSA) is 42.2 Å². The molecule has 0 fully saturated rings. The van der Waals surface area contributed by atoms with E-state index in [0.717, 1.165) is 5.56 Å². The minimum atomic E-state index is -1.99. The summed E-state index contributed by atoms with van der Waals surface area (Å²) in [5.41, 5.74) is 0.818. The van der Waals surface area contributed by atoms with Crippen LogP contribution < -0.4 is 0 Å². The van der Waals surface area contributed by atoms with Gasteiger partial charge in [-0.3, -0.25) is 4.58 Å². The zero-order chi connectivity index (χ0) is 13.8. The Morgan fingerprint density at radius 3 is 2.17 bits per heavy atom. The van der Waals surface area contributed by atoms with Crippen LogP contribution in [0, 0.1) is 11.3 Å². The van der Waals surface area contributed by atoms with Gasteiger partial charge in [0.05, 0.1) is 0 Å². The molecule has 98 valence electrons. The molecule has 0 heterocycles. The number of rotatable bonds is 4. The quantitative estimate of drug-likeness (QED) is 0.464. The number of benzene rings is 1. The second kappa shape index (κ2) is 5.66. The van der Waals surface area contributed by atoms with E-state index in [1.165, 1.54) is 0 Å². The molecule has 0 radical (unpaired) electrons. The molecule has 0 aliphatic rings. The third-order valence-corrected chi connectivity index (χ3v) is 7.50. The molecule has 1 aromatic carbocycles. The second-order valence-corrected chi connectivity index (χ2v) is 10.5. The summed E-state index contributed by atoms with van der Waals surface area (Å²) in [4.78, 5) is 5.37. The van der Waals surface area contributed by atoms with E-state index in [4.69, 9.17) is 14.7 Å². The highest BCUT2D eigenvalue weighted by atomic mass is 28.4. The van der Waals surface area contributed by atoms with Gasteiger partial charge in [-0.15, -0.1) is 0 Å². The van der Waals surface area contributed by atoms with Crippen LogP contribution in [0.1, 0.15) is 32.4 Å². The summed E-state index contributed by atoms with van der Waals surface area (Å²) in [5, 5.41) is 9.20. The Hall–Kier alpha value is -1.15. The average molecular weight is 263 g/mol. The van der Waals surface area contributed by atoms with E-state index in [9.17, 15) is 0 Å². The molecule has 0 spiro atoms. The summed E-state index contributed by atoms with van der Waals surface area (Å²) in [6, 6.07) is 11.5. The highest BCUT2D eigenvalue weighted by Crippen LogP contribution is 2.37. The van der Waals surface area contributed by atoms with Crippen molar-refractivity contribution < 1.29 is 9.46 Å². The van der Waals surface area contributed by atoms with Gasteiger partial charge in [0.2, 0.25) is 14.4 Å². The van der Waals surface area contributed by atoms with Crippen molar-refractivity contribution in [1.29, 1.82) is 5.26 Å². The lowest BCUT2D eigenvalue weighted by molar-refractivity contribution is -0.245. The van der Waals surface area contributed by atoms with Crippen molar-refractivity contribution in [1.82, 2.24) is 0 Å². The lowest BCUT2D eigenvalue weighted by Gasteiger charge is -2.34. The van der Waals surface area contributed by atoms with E-state index in [-0.39, 0.29) is 5.04 Å². The number of hydrogen-bond donors (Lipinski definition) is 0. The lowest BCUT2D eigenvalue weighted by atomic mass is 10.1. The maximum atomic E-state index is 9.14. The predicted octanol–water partition coefficient (Wildman–Crippen LogP) is 4.20. The summed E-state index contributed by atoms with van der Waals surface area (Å²) in [5.74, 6) is 0. The third kappa shape index (κ3) is 3.67. The normalized spacial score (nSPS) is 14.0. The zero-order valence-corrected chi connectivity index (χ0v) is 12.7. The maximum absolute atomic E-state index is 9.14. The van der Waals surface area contributed by atoms with Crippen molar-refractivity contribution in [2.24, 2.45) is 0 Å². The van der Waals surface area contributed by atoms with E-state index in [2.05, 4.69) is 39.9 Å². The van der Waals surface area contributed by atoms with E-state index in [0.29, 0.717) is 0 Å². The van der Waals surface area contributed by atoms with Crippen LogP contribution in [0.4, 0.5) is 0 Å². The first kappa shape index (κ1) is 14.9. The fourth-order valence-electron chi connectivity index (χ4n) is 1.07. The minimum absolute atomic E-state index is 0.0592. The van der Waals surface area contributed by atoms with Gasteiger partial charge in [0.25, 0.3) is 0 Å². The van der Waals surface area contributed by atoms with Crippen LogP contribution >= 0.6 is 0 Å². The van der Waals surface area contributed by atoms with Crippen LogP contribution in [0.25, 0.3) is 0 Å². The first-order valence-electron chi connectivity index (χ1n) is 6.07. The van der Waals surface area contributed by atoms with E-state index in [1.807, 2.05) is 30.3 Å². The van der Waals surface area contributed by atoms with Gasteiger partial charge >= 0.3 is 0 Å². The van der Waals surface area contributed by atoms with E-state index >= 15 is 0 Å². The van der Waals surface area contributed by atoms with Gasteiger partial charge in [0.15, 0.2) is 0 Å². The molecule has 0 aliphatic carbocycles. The molecule has 0 N–H and O–H groups in total. The van der Waals surface area contributed by atoms with Gasteiger partial charge < -0.3 is 0 Å². The first-order chi connectivity index (χ1) is 8.28. The molecule has 0 saturated carbocycles. The third-order valence-electron chi connectivity index (χ3n) is 3.38. The van der Waals surface area contributed by atoms with Gasteiger partial charge in [-0.05, 0) is 23.7 Å². The van der Waals surface area contributed by atoms with Gasteiger partial charge in [-0.25, -0.2) is 4.89 Å². The largest absolute Gasteiger partial charge is 0.285 e. The molecule has 1 atom stereocenters. The van der Waals surface area contributed by atoms with Crippen LogP contribution in [0.2, 0.25) is 18.1 Å². The lowest BCUT2D eigenvalue weighted by Crippen LogP contribution is -2.41. The van der Waals surface area contributed by atoms with Gasteiger partial charge in [0, 0.05) is 0 Å². The monoisotopic (exact) mass is 263 g/mol. The molecule has 4 heteroatoms. The van der Waals surface area contributed by atoms with Crippen molar-refractivity contribution in [3.63, 3.8) is 0 Å². The molecule has 1 rings (SSSR count). The average Bonchev–Trinajstić information content (AvgIpc) is 2.29. The van der Waals surface area contributed by atoms with Gasteiger partial charge in [-0.1, -0.05) is 51.1 Å². The smallest absolute Gasteiger partial charge is 0.238 e. The number of nitrogens with zero attached hydrogens (tertiary/aromatic N) is 1. The molecular weight excluding hydrogens is 242 g/mol. The Morgan fingerprint density at radius 1 is 1.17 bits per heavy atom. The maximum Gasteiger partial charge on any atom is 0.238 e. The Kier molecular flexibility index (Phi) is 4.69. The highest BCUT2D eigenvalue weighted by molar-refractivity contribution is 6.73. The number of hydrogen-bond acceptors (Lipinski definition) is 3. The summed E-state index contributed by atoms with van der Waals surface area (Å²) >= 11 is 0. The predicted molar refractivity (Wildman–Crippen MR) is 74.2 cm³/mol. The molecule has 3 nitrogen and oxygen atoms in total. The van der Waals surface area contributed by atoms with E-state index < -0.39 is 14.4 Å². The molecule has 0 aromatic heterocycles. The van der Waals surface area contributed by atoms with Crippen LogP contribution in [0.5, 0.6) is 0 Å². The Labute approximate surface area is 110 Å². The van der Waals surface area contributed by atoms with Gasteiger partial charge in [-0.2, -0.15) is 5.26 Å². The van der Waals surface area contributed by atoms with Crippen LogP contribution in [-0.4, -0.2) is 8.32 Å².